The van der Waals surface area contributed by atoms with E-state index in [1.54, 1.807) is 31.2 Å². The van der Waals surface area contributed by atoms with Gasteiger partial charge in [-0.2, -0.15) is 0 Å². The maximum Gasteiger partial charge on any atom is 0.338 e. The van der Waals surface area contributed by atoms with Crippen molar-refractivity contribution >= 4 is 11.9 Å². The first-order valence-electron chi connectivity index (χ1n) is 5.54. The van der Waals surface area contributed by atoms with Crippen LogP contribution in [0.15, 0.2) is 36.4 Å². The average Bonchev–Trinajstić information content (AvgIpc) is 2.64. The van der Waals surface area contributed by atoms with Crippen molar-refractivity contribution in [2.75, 3.05) is 6.61 Å². The van der Waals surface area contributed by atoms with Crippen molar-refractivity contribution in [3.05, 3.63) is 47.5 Å². The van der Waals surface area contributed by atoms with Gasteiger partial charge in [-0.25, -0.2) is 4.79 Å². The van der Waals surface area contributed by atoms with Gasteiger partial charge in [0, 0.05) is 0 Å². The predicted octanol–water partition coefficient (Wildman–Crippen LogP) is 1.33. The van der Waals surface area contributed by atoms with Crippen LogP contribution in [0.1, 0.15) is 27.6 Å². The van der Waals surface area contributed by atoms with Gasteiger partial charge < -0.3 is 14.6 Å². The first-order valence-corrected chi connectivity index (χ1v) is 5.54. The smallest absolute Gasteiger partial charge is 0.338 e. The highest BCUT2D eigenvalue weighted by molar-refractivity contribution is 5.93. The van der Waals surface area contributed by atoms with Gasteiger partial charge in [-0.05, 0) is 47.9 Å². The summed E-state index contributed by atoms with van der Waals surface area (Å²) >= 11 is 0. The van der Waals surface area contributed by atoms with Crippen LogP contribution in [0.3, 0.4) is 0 Å². The van der Waals surface area contributed by atoms with Crippen LogP contribution < -0.4 is 5.11 Å². The Bertz CT molecular complexity index is 540. The zero-order chi connectivity index (χ0) is 13.1. The Hall–Kier alpha value is -2.36. The van der Waals surface area contributed by atoms with E-state index in [1.165, 1.54) is 12.1 Å². The molecular weight excluding hydrogens is 232 g/mol. The highest BCUT2D eigenvalue weighted by Crippen LogP contribution is 2.25. The summed E-state index contributed by atoms with van der Waals surface area (Å²) < 4.78 is 4.89. The minimum atomic E-state index is -1.21. The first kappa shape index (κ1) is 12.1. The van der Waals surface area contributed by atoms with Crippen LogP contribution in [0, 0.1) is 0 Å². The molecule has 0 amide bonds. The molecule has 0 aromatic rings. The van der Waals surface area contributed by atoms with Crippen LogP contribution >= 0.6 is 0 Å². The van der Waals surface area contributed by atoms with Gasteiger partial charge in [-0.1, -0.05) is 12.1 Å². The summed E-state index contributed by atoms with van der Waals surface area (Å²) in [6, 6.07) is 9.63. The third-order valence-electron chi connectivity index (χ3n) is 2.59. The molecule has 0 fully saturated rings. The number of carbonyl (C=O) groups is 2. The number of ether oxygens (including phenoxy) is 1. The van der Waals surface area contributed by atoms with Gasteiger partial charge in [0.1, 0.15) is 0 Å². The average molecular weight is 243 g/mol. The minimum absolute atomic E-state index is 0.133. The van der Waals surface area contributed by atoms with Crippen molar-refractivity contribution in [1.29, 1.82) is 0 Å². The topological polar surface area (TPSA) is 66.4 Å². The van der Waals surface area contributed by atoms with E-state index in [1.807, 2.05) is 0 Å². The summed E-state index contributed by atoms with van der Waals surface area (Å²) in [5.41, 5.74) is 2.05. The summed E-state index contributed by atoms with van der Waals surface area (Å²) in [5, 5.41) is 10.7. The van der Waals surface area contributed by atoms with E-state index in [0.29, 0.717) is 12.2 Å². The van der Waals surface area contributed by atoms with Gasteiger partial charge >= 0.3 is 5.97 Å². The maximum absolute atomic E-state index is 11.5. The monoisotopic (exact) mass is 243 g/mol. The van der Waals surface area contributed by atoms with Crippen molar-refractivity contribution < 1.29 is 19.4 Å². The number of aromatic carboxylic acids is 1. The molecule has 0 saturated carbocycles. The molecule has 2 aliphatic carbocycles. The van der Waals surface area contributed by atoms with Gasteiger partial charge in [0.05, 0.1) is 18.1 Å². The normalized spacial score (nSPS) is 10.3. The van der Waals surface area contributed by atoms with E-state index in [4.69, 9.17) is 4.74 Å². The van der Waals surface area contributed by atoms with E-state index < -0.39 is 11.9 Å². The van der Waals surface area contributed by atoms with Gasteiger partial charge in [0.15, 0.2) is 0 Å². The van der Waals surface area contributed by atoms with Crippen molar-refractivity contribution in [1.82, 2.24) is 0 Å². The van der Waals surface area contributed by atoms with Crippen LogP contribution in [0.4, 0.5) is 0 Å². The van der Waals surface area contributed by atoms with E-state index in [0.717, 1.165) is 11.1 Å². The fourth-order valence-corrected chi connectivity index (χ4v) is 1.72. The molecule has 0 atom stereocenters. The molecule has 18 heavy (non-hydrogen) atoms. The second-order valence-electron chi connectivity index (χ2n) is 3.78. The number of esters is 1. The zero-order valence-electron chi connectivity index (χ0n) is 9.80. The van der Waals surface area contributed by atoms with Gasteiger partial charge in [0.25, 0.3) is 0 Å². The number of hydrogen-bond acceptors (Lipinski definition) is 4. The molecular formula is C14H11O4-. The molecule has 92 valence electrons. The zero-order valence-corrected chi connectivity index (χ0v) is 9.80. The highest BCUT2D eigenvalue weighted by atomic mass is 16.5. The standard InChI is InChI=1S/C14H12O4/c1-2-18-14(17)9-3-5-10-7-12(13(15)16)8-11(10)6-4-9/h3-8H,2H2,1H3,(H,15,16)/p-1. The molecule has 0 aromatic carbocycles. The highest BCUT2D eigenvalue weighted by Gasteiger charge is 2.09. The summed E-state index contributed by atoms with van der Waals surface area (Å²) in [6.45, 7) is 2.06. The lowest BCUT2D eigenvalue weighted by atomic mass is 10.2. The molecule has 0 unspecified atom stereocenters. The van der Waals surface area contributed by atoms with Gasteiger partial charge in [0.2, 0.25) is 0 Å². The van der Waals surface area contributed by atoms with Crippen molar-refractivity contribution in [3.63, 3.8) is 0 Å². The second-order valence-corrected chi connectivity index (χ2v) is 3.78. The number of rotatable bonds is 3. The van der Waals surface area contributed by atoms with Crippen LogP contribution in [0.2, 0.25) is 0 Å². The Morgan fingerprint density at radius 1 is 1.06 bits per heavy atom. The third kappa shape index (κ3) is 2.32. The van der Waals surface area contributed by atoms with E-state index in [9.17, 15) is 14.7 Å². The number of carboxylic acid groups (broad SMARTS) is 1. The minimum Gasteiger partial charge on any atom is -0.545 e. The lowest BCUT2D eigenvalue weighted by Gasteiger charge is -1.97. The second kappa shape index (κ2) is 4.87. The van der Waals surface area contributed by atoms with Crippen LogP contribution in [0.25, 0.3) is 11.1 Å². The van der Waals surface area contributed by atoms with E-state index in [-0.39, 0.29) is 5.56 Å². The lowest BCUT2D eigenvalue weighted by molar-refractivity contribution is -0.255. The molecule has 0 spiro atoms. The van der Waals surface area contributed by atoms with Crippen molar-refractivity contribution in [2.24, 2.45) is 0 Å². The Labute approximate surface area is 104 Å². The molecule has 0 aliphatic heterocycles. The molecule has 2 aliphatic rings. The predicted molar refractivity (Wildman–Crippen MR) is 63.4 cm³/mol. The molecule has 0 saturated heterocycles. The molecule has 0 bridgehead atoms. The van der Waals surface area contributed by atoms with Crippen molar-refractivity contribution in [3.8, 4) is 11.1 Å². The van der Waals surface area contributed by atoms with E-state index in [2.05, 4.69) is 0 Å². The quantitative estimate of drug-likeness (QED) is 0.763. The Morgan fingerprint density at radius 2 is 1.61 bits per heavy atom. The van der Waals surface area contributed by atoms with Crippen molar-refractivity contribution in [2.45, 2.75) is 6.92 Å². The molecule has 2 rings (SSSR count). The summed E-state index contributed by atoms with van der Waals surface area (Å²) in [7, 11) is 0. The fourth-order valence-electron chi connectivity index (χ4n) is 1.72. The number of hydrogen-bond donors (Lipinski definition) is 0. The number of fused-ring (bicyclic) bond motifs is 1. The largest absolute Gasteiger partial charge is 0.545 e. The Kier molecular flexibility index (Phi) is 3.28. The SMILES string of the molecule is CCOC(=O)c1ccc2cc(C(=O)[O-])cc-2cc1. The molecule has 0 radical (unpaired) electrons. The summed E-state index contributed by atoms with van der Waals surface area (Å²) in [5.74, 6) is -1.60. The summed E-state index contributed by atoms with van der Waals surface area (Å²) in [4.78, 5) is 22.3. The first-order chi connectivity index (χ1) is 8.61. The number of carbonyl (C=O) groups excluding carboxylic acids is 2. The van der Waals surface area contributed by atoms with Crippen LogP contribution in [-0.2, 0) is 4.74 Å². The fraction of sp³-hybridized carbons (Fsp3) is 0.143. The summed E-state index contributed by atoms with van der Waals surface area (Å²) in [6.07, 6.45) is 0. The molecule has 4 heteroatoms. The Balaban J connectivity index is 2.41. The molecule has 0 aromatic heterocycles. The van der Waals surface area contributed by atoms with E-state index >= 15 is 0 Å². The molecule has 0 N–H and O–H groups in total. The number of carboxylic acids is 1. The maximum atomic E-state index is 11.5. The van der Waals surface area contributed by atoms with Crippen LogP contribution in [0.5, 0.6) is 0 Å². The molecule has 4 nitrogen and oxygen atoms in total. The lowest BCUT2D eigenvalue weighted by Crippen LogP contribution is -2.21. The molecule has 0 heterocycles. The Morgan fingerprint density at radius 3 is 2.06 bits per heavy atom. The van der Waals surface area contributed by atoms with Gasteiger partial charge in [-0.3, -0.25) is 0 Å². The van der Waals surface area contributed by atoms with Crippen LogP contribution in [-0.4, -0.2) is 18.5 Å². The van der Waals surface area contributed by atoms with Gasteiger partial charge in [-0.15, -0.1) is 0 Å². The third-order valence-corrected chi connectivity index (χ3v) is 2.59.